The summed E-state index contributed by atoms with van der Waals surface area (Å²) in [6.45, 7) is 1.93. The van der Waals surface area contributed by atoms with Crippen LogP contribution in [0.2, 0.25) is 5.02 Å². The topological polar surface area (TPSA) is 54.5 Å². The fraction of sp³-hybridized carbons (Fsp3) is 0.167. The lowest BCUT2D eigenvalue weighted by Crippen LogP contribution is -2.41. The molecular weight excluding hydrogens is 346 g/mol. The molecule has 1 aliphatic heterocycles. The molecule has 2 aromatic rings. The van der Waals surface area contributed by atoms with Gasteiger partial charge in [0, 0.05) is 21.7 Å². The number of anilines is 1. The third-order valence-electron chi connectivity index (χ3n) is 3.83. The van der Waals surface area contributed by atoms with Gasteiger partial charge in [-0.25, -0.2) is 8.42 Å². The lowest BCUT2D eigenvalue weighted by molar-refractivity contribution is 0.0983. The Bertz CT molecular complexity index is 904. The number of aryl methyl sites for hydroxylation is 1. The number of benzene rings is 2. The van der Waals surface area contributed by atoms with Crippen molar-refractivity contribution in [3.05, 3.63) is 76.2 Å². The minimum atomic E-state index is -3.28. The molecule has 124 valence electrons. The molecule has 0 saturated carbocycles. The molecule has 0 bridgehead atoms. The highest BCUT2D eigenvalue weighted by Gasteiger charge is 2.32. The van der Waals surface area contributed by atoms with E-state index in [9.17, 15) is 13.2 Å². The fourth-order valence-corrected chi connectivity index (χ4v) is 4.08. The number of hydrogen-bond acceptors (Lipinski definition) is 3. The second-order valence-corrected chi connectivity index (χ2v) is 8.11. The van der Waals surface area contributed by atoms with Crippen molar-refractivity contribution >= 4 is 33.0 Å². The molecule has 1 unspecified atom stereocenters. The van der Waals surface area contributed by atoms with Crippen molar-refractivity contribution in [2.75, 3.05) is 10.7 Å². The van der Waals surface area contributed by atoms with Crippen LogP contribution in [0.15, 0.2) is 60.0 Å². The first kappa shape index (κ1) is 16.7. The van der Waals surface area contributed by atoms with Gasteiger partial charge in [-0.3, -0.25) is 4.79 Å². The van der Waals surface area contributed by atoms with Crippen molar-refractivity contribution in [3.8, 4) is 0 Å². The zero-order chi connectivity index (χ0) is 17.3. The molecular formula is C18H16ClNO3S. The zero-order valence-electron chi connectivity index (χ0n) is 13.0. The van der Waals surface area contributed by atoms with Crippen molar-refractivity contribution in [1.29, 1.82) is 0 Å². The summed E-state index contributed by atoms with van der Waals surface area (Å²) in [6.07, 6.45) is 1.56. The van der Waals surface area contributed by atoms with E-state index in [0.717, 1.165) is 5.56 Å². The van der Waals surface area contributed by atoms with Gasteiger partial charge in [-0.1, -0.05) is 23.7 Å². The van der Waals surface area contributed by atoms with Gasteiger partial charge in [0.2, 0.25) is 0 Å². The molecule has 1 amide bonds. The summed E-state index contributed by atoms with van der Waals surface area (Å²) in [4.78, 5) is 14.5. The molecule has 2 aromatic carbocycles. The zero-order valence-corrected chi connectivity index (χ0v) is 14.6. The Hall–Kier alpha value is -2.11. The number of amides is 1. The third kappa shape index (κ3) is 3.52. The predicted octanol–water partition coefficient (Wildman–Crippen LogP) is 3.61. The maximum atomic E-state index is 13.0. The van der Waals surface area contributed by atoms with Gasteiger partial charge >= 0.3 is 0 Å². The van der Waals surface area contributed by atoms with Crippen LogP contribution in [0.25, 0.3) is 0 Å². The molecule has 0 fully saturated rings. The van der Waals surface area contributed by atoms with E-state index in [-0.39, 0.29) is 11.7 Å². The molecule has 0 saturated heterocycles. The molecule has 0 N–H and O–H groups in total. The number of sulfone groups is 1. The number of nitrogens with zero attached hydrogens (tertiary/aromatic N) is 1. The van der Waals surface area contributed by atoms with Crippen LogP contribution in [0.1, 0.15) is 15.9 Å². The summed E-state index contributed by atoms with van der Waals surface area (Å²) >= 11 is 5.88. The molecule has 6 heteroatoms. The number of carbonyl (C=O) groups is 1. The second-order valence-electron chi connectivity index (χ2n) is 5.75. The Labute approximate surface area is 146 Å². The summed E-state index contributed by atoms with van der Waals surface area (Å²) < 4.78 is 23.6. The molecule has 24 heavy (non-hydrogen) atoms. The first-order valence-electron chi connectivity index (χ1n) is 7.42. The van der Waals surface area contributed by atoms with Crippen molar-refractivity contribution < 1.29 is 13.2 Å². The van der Waals surface area contributed by atoms with E-state index in [1.165, 1.54) is 10.3 Å². The lowest BCUT2D eigenvalue weighted by atomic mass is 10.1. The van der Waals surface area contributed by atoms with Crippen LogP contribution in [0.5, 0.6) is 0 Å². The fourth-order valence-electron chi connectivity index (χ4n) is 2.69. The van der Waals surface area contributed by atoms with Crippen molar-refractivity contribution in [2.45, 2.75) is 13.0 Å². The van der Waals surface area contributed by atoms with E-state index >= 15 is 0 Å². The predicted molar refractivity (Wildman–Crippen MR) is 96.2 cm³/mol. The Morgan fingerprint density at radius 3 is 2.46 bits per heavy atom. The Morgan fingerprint density at radius 2 is 1.88 bits per heavy atom. The number of halogens is 1. The second kappa shape index (κ2) is 6.42. The quantitative estimate of drug-likeness (QED) is 0.839. The van der Waals surface area contributed by atoms with E-state index in [1.807, 2.05) is 25.1 Å². The molecule has 0 aliphatic carbocycles. The highest BCUT2D eigenvalue weighted by Crippen LogP contribution is 2.26. The van der Waals surface area contributed by atoms with E-state index < -0.39 is 15.9 Å². The molecule has 1 aliphatic rings. The van der Waals surface area contributed by atoms with Crippen LogP contribution in [0.4, 0.5) is 5.69 Å². The van der Waals surface area contributed by atoms with Crippen LogP contribution in [0, 0.1) is 6.92 Å². The van der Waals surface area contributed by atoms with Gasteiger partial charge in [0.15, 0.2) is 9.84 Å². The lowest BCUT2D eigenvalue weighted by Gasteiger charge is -2.28. The van der Waals surface area contributed by atoms with Gasteiger partial charge in [0.05, 0.1) is 11.8 Å². The summed E-state index contributed by atoms with van der Waals surface area (Å²) in [5.41, 5.74) is 2.12. The summed E-state index contributed by atoms with van der Waals surface area (Å²) in [5.74, 6) is -0.371. The minimum Gasteiger partial charge on any atom is -0.300 e. The molecule has 0 spiro atoms. The highest BCUT2D eigenvalue weighted by molar-refractivity contribution is 7.94. The van der Waals surface area contributed by atoms with Gasteiger partial charge < -0.3 is 4.90 Å². The van der Waals surface area contributed by atoms with E-state index in [4.69, 9.17) is 11.6 Å². The first-order valence-corrected chi connectivity index (χ1v) is 9.52. The van der Waals surface area contributed by atoms with E-state index in [0.29, 0.717) is 16.3 Å². The smallest absolute Gasteiger partial charge is 0.258 e. The Balaban J connectivity index is 2.03. The molecule has 1 heterocycles. The average Bonchev–Trinajstić information content (AvgIpc) is 2.88. The van der Waals surface area contributed by atoms with Crippen molar-refractivity contribution in [1.82, 2.24) is 0 Å². The monoisotopic (exact) mass is 361 g/mol. The Kier molecular flexibility index (Phi) is 4.47. The molecule has 1 atom stereocenters. The number of hydrogen-bond donors (Lipinski definition) is 0. The van der Waals surface area contributed by atoms with Gasteiger partial charge in [0.25, 0.3) is 5.91 Å². The van der Waals surface area contributed by atoms with Gasteiger partial charge in [0.1, 0.15) is 0 Å². The van der Waals surface area contributed by atoms with Gasteiger partial charge in [-0.2, -0.15) is 0 Å². The number of rotatable bonds is 3. The molecule has 0 aromatic heterocycles. The average molecular weight is 362 g/mol. The van der Waals surface area contributed by atoms with E-state index in [1.54, 1.807) is 36.4 Å². The minimum absolute atomic E-state index is 0.111. The highest BCUT2D eigenvalue weighted by atomic mass is 35.5. The molecule has 4 nitrogen and oxygen atoms in total. The van der Waals surface area contributed by atoms with Crippen molar-refractivity contribution in [2.24, 2.45) is 0 Å². The van der Waals surface area contributed by atoms with Gasteiger partial charge in [-0.05, 0) is 55.0 Å². The van der Waals surface area contributed by atoms with Crippen molar-refractivity contribution in [3.63, 3.8) is 0 Å². The number of carbonyl (C=O) groups excluding carboxylic acids is 1. The molecule has 0 radical (unpaired) electrons. The van der Waals surface area contributed by atoms with Crippen LogP contribution in [-0.2, 0) is 9.84 Å². The van der Waals surface area contributed by atoms with Crippen LogP contribution < -0.4 is 4.90 Å². The largest absolute Gasteiger partial charge is 0.300 e. The van der Waals surface area contributed by atoms with Crippen LogP contribution in [0.3, 0.4) is 0 Å². The maximum Gasteiger partial charge on any atom is 0.258 e. The summed E-state index contributed by atoms with van der Waals surface area (Å²) in [6, 6.07) is 13.5. The maximum absolute atomic E-state index is 13.0. The third-order valence-corrected chi connectivity index (χ3v) is 5.46. The standard InChI is InChI=1S/C18H16ClNO3S/c1-13-3-2-4-16(11-13)20(17-9-10-24(22,23)12-17)18(21)14-5-7-15(19)8-6-14/h2-11,17H,12H2,1H3. The normalized spacial score (nSPS) is 18.5. The van der Waals surface area contributed by atoms with Crippen LogP contribution in [-0.4, -0.2) is 26.1 Å². The summed E-state index contributed by atoms with van der Waals surface area (Å²) in [5, 5.41) is 1.72. The van der Waals surface area contributed by atoms with Crippen LogP contribution >= 0.6 is 11.6 Å². The molecule has 3 rings (SSSR count). The SMILES string of the molecule is Cc1cccc(N(C(=O)c2ccc(Cl)cc2)C2C=CS(=O)(=O)C2)c1. The summed E-state index contributed by atoms with van der Waals surface area (Å²) in [7, 11) is -3.28. The van der Waals surface area contributed by atoms with Gasteiger partial charge in [-0.15, -0.1) is 0 Å². The first-order chi connectivity index (χ1) is 11.4. The Morgan fingerprint density at radius 1 is 1.17 bits per heavy atom. The van der Waals surface area contributed by atoms with E-state index in [2.05, 4.69) is 0 Å².